The molecule has 0 amide bonds. The fourth-order valence-corrected chi connectivity index (χ4v) is 1.21. The van der Waals surface area contributed by atoms with Gasteiger partial charge in [-0.05, 0) is 40.7 Å². The third-order valence-corrected chi connectivity index (χ3v) is 1.97. The summed E-state index contributed by atoms with van der Waals surface area (Å²) in [5.74, 6) is 0.829. The minimum absolute atomic E-state index is 0.00322. The maximum Gasteiger partial charge on any atom is 0.126 e. The molecule has 1 heterocycles. The molecule has 3 heteroatoms. The van der Waals surface area contributed by atoms with Crippen LogP contribution in [-0.4, -0.2) is 15.6 Å². The SMILES string of the molecule is CC(C)(C)Nc1ccc(C(C)(C)O)cn1. The van der Waals surface area contributed by atoms with Gasteiger partial charge < -0.3 is 10.4 Å². The number of aromatic nitrogens is 1. The van der Waals surface area contributed by atoms with Gasteiger partial charge in [0.15, 0.2) is 0 Å². The van der Waals surface area contributed by atoms with Gasteiger partial charge in [-0.1, -0.05) is 6.07 Å². The first-order valence-electron chi connectivity index (χ1n) is 5.15. The molecule has 0 aliphatic carbocycles. The first-order valence-corrected chi connectivity index (χ1v) is 5.15. The molecule has 0 aliphatic rings. The van der Waals surface area contributed by atoms with Crippen molar-refractivity contribution in [3.8, 4) is 0 Å². The van der Waals surface area contributed by atoms with Gasteiger partial charge in [0.05, 0.1) is 5.60 Å². The summed E-state index contributed by atoms with van der Waals surface area (Å²) < 4.78 is 0. The summed E-state index contributed by atoms with van der Waals surface area (Å²) in [4.78, 5) is 4.26. The van der Waals surface area contributed by atoms with Gasteiger partial charge in [0, 0.05) is 17.3 Å². The van der Waals surface area contributed by atoms with Crippen LogP contribution in [0.25, 0.3) is 0 Å². The number of rotatable bonds is 2. The van der Waals surface area contributed by atoms with E-state index in [-0.39, 0.29) is 5.54 Å². The predicted octanol–water partition coefficient (Wildman–Crippen LogP) is 2.52. The zero-order valence-electron chi connectivity index (χ0n) is 10.1. The molecule has 1 aromatic heterocycles. The molecule has 0 bridgehead atoms. The Bertz CT molecular complexity index is 317. The first kappa shape index (κ1) is 12.0. The van der Waals surface area contributed by atoms with E-state index in [0.29, 0.717) is 0 Å². The Morgan fingerprint density at radius 2 is 1.73 bits per heavy atom. The van der Waals surface area contributed by atoms with Crippen molar-refractivity contribution in [1.82, 2.24) is 4.98 Å². The lowest BCUT2D eigenvalue weighted by molar-refractivity contribution is 0.0782. The largest absolute Gasteiger partial charge is 0.386 e. The monoisotopic (exact) mass is 208 g/mol. The molecule has 2 N–H and O–H groups in total. The first-order chi connectivity index (χ1) is 6.68. The Kier molecular flexibility index (Phi) is 3.05. The van der Waals surface area contributed by atoms with Gasteiger partial charge in [-0.3, -0.25) is 0 Å². The van der Waals surface area contributed by atoms with Crippen LogP contribution >= 0.6 is 0 Å². The topological polar surface area (TPSA) is 45.1 Å². The van der Waals surface area contributed by atoms with Gasteiger partial charge in [-0.15, -0.1) is 0 Å². The number of nitrogens with one attached hydrogen (secondary N) is 1. The van der Waals surface area contributed by atoms with Crippen molar-refractivity contribution in [2.24, 2.45) is 0 Å². The molecular weight excluding hydrogens is 188 g/mol. The quantitative estimate of drug-likeness (QED) is 0.785. The third-order valence-electron chi connectivity index (χ3n) is 1.97. The molecule has 0 saturated heterocycles. The minimum Gasteiger partial charge on any atom is -0.386 e. The fourth-order valence-electron chi connectivity index (χ4n) is 1.21. The van der Waals surface area contributed by atoms with E-state index in [1.807, 2.05) is 12.1 Å². The Hall–Kier alpha value is -1.09. The Morgan fingerprint density at radius 1 is 1.13 bits per heavy atom. The molecule has 84 valence electrons. The zero-order valence-corrected chi connectivity index (χ0v) is 10.1. The van der Waals surface area contributed by atoms with E-state index in [1.54, 1.807) is 20.0 Å². The summed E-state index contributed by atoms with van der Waals surface area (Å²) in [6.07, 6.45) is 1.70. The van der Waals surface area contributed by atoms with E-state index < -0.39 is 5.60 Å². The average molecular weight is 208 g/mol. The maximum absolute atomic E-state index is 9.75. The summed E-state index contributed by atoms with van der Waals surface area (Å²) in [7, 11) is 0. The second-order valence-electron chi connectivity index (χ2n) is 5.37. The van der Waals surface area contributed by atoms with E-state index in [4.69, 9.17) is 0 Å². The van der Waals surface area contributed by atoms with Crippen LogP contribution < -0.4 is 5.32 Å². The number of hydrogen-bond acceptors (Lipinski definition) is 3. The zero-order chi connectivity index (χ0) is 11.7. The van der Waals surface area contributed by atoms with Crippen LogP contribution in [0.15, 0.2) is 18.3 Å². The van der Waals surface area contributed by atoms with E-state index in [9.17, 15) is 5.11 Å². The molecule has 0 aromatic carbocycles. The molecule has 0 atom stereocenters. The summed E-state index contributed by atoms with van der Waals surface area (Å²) >= 11 is 0. The van der Waals surface area contributed by atoms with Gasteiger partial charge in [0.25, 0.3) is 0 Å². The lowest BCUT2D eigenvalue weighted by Crippen LogP contribution is -2.26. The number of anilines is 1. The molecular formula is C12H20N2O. The Morgan fingerprint density at radius 3 is 2.07 bits per heavy atom. The van der Waals surface area contributed by atoms with Crippen LogP contribution in [-0.2, 0) is 5.60 Å². The van der Waals surface area contributed by atoms with Crippen molar-refractivity contribution in [3.63, 3.8) is 0 Å². The van der Waals surface area contributed by atoms with Gasteiger partial charge in [-0.2, -0.15) is 0 Å². The predicted molar refractivity (Wildman–Crippen MR) is 62.9 cm³/mol. The Balaban J connectivity index is 2.82. The van der Waals surface area contributed by atoms with Gasteiger partial charge in [0.1, 0.15) is 5.82 Å². The molecule has 0 radical (unpaired) electrons. The molecule has 0 spiro atoms. The van der Waals surface area contributed by atoms with Crippen molar-refractivity contribution >= 4 is 5.82 Å². The van der Waals surface area contributed by atoms with Gasteiger partial charge >= 0.3 is 0 Å². The molecule has 0 fully saturated rings. The van der Waals surface area contributed by atoms with Crippen molar-refractivity contribution in [1.29, 1.82) is 0 Å². The smallest absolute Gasteiger partial charge is 0.126 e. The van der Waals surface area contributed by atoms with Crippen LogP contribution in [0.4, 0.5) is 5.82 Å². The molecule has 0 aliphatic heterocycles. The van der Waals surface area contributed by atoms with E-state index in [0.717, 1.165) is 11.4 Å². The van der Waals surface area contributed by atoms with Crippen LogP contribution in [0.3, 0.4) is 0 Å². The maximum atomic E-state index is 9.75. The van der Waals surface area contributed by atoms with Crippen molar-refractivity contribution in [2.45, 2.75) is 45.8 Å². The highest BCUT2D eigenvalue weighted by molar-refractivity contribution is 5.38. The molecule has 0 saturated carbocycles. The minimum atomic E-state index is -0.826. The second-order valence-corrected chi connectivity index (χ2v) is 5.37. The van der Waals surface area contributed by atoms with Crippen LogP contribution in [0.2, 0.25) is 0 Å². The number of hydrogen-bond donors (Lipinski definition) is 2. The number of nitrogens with zero attached hydrogens (tertiary/aromatic N) is 1. The van der Waals surface area contributed by atoms with Crippen molar-refractivity contribution < 1.29 is 5.11 Å². The van der Waals surface area contributed by atoms with Crippen LogP contribution in [0.5, 0.6) is 0 Å². The second kappa shape index (κ2) is 3.81. The summed E-state index contributed by atoms with van der Waals surface area (Å²) in [6.45, 7) is 9.75. The van der Waals surface area contributed by atoms with Crippen LogP contribution in [0, 0.1) is 0 Å². The third kappa shape index (κ3) is 3.88. The Labute approximate surface area is 91.5 Å². The molecule has 0 unspecified atom stereocenters. The summed E-state index contributed by atoms with van der Waals surface area (Å²) in [6, 6.07) is 3.78. The van der Waals surface area contributed by atoms with E-state index in [1.165, 1.54) is 0 Å². The number of pyridine rings is 1. The molecule has 1 rings (SSSR count). The lowest BCUT2D eigenvalue weighted by atomic mass is 10.0. The number of aliphatic hydroxyl groups is 1. The summed E-state index contributed by atoms with van der Waals surface area (Å²) in [5, 5.41) is 13.0. The normalized spacial score (nSPS) is 12.7. The highest BCUT2D eigenvalue weighted by Crippen LogP contribution is 2.20. The van der Waals surface area contributed by atoms with Crippen molar-refractivity contribution in [3.05, 3.63) is 23.9 Å². The standard InChI is InChI=1S/C12H20N2O/c1-11(2,3)14-10-7-6-9(8-13-10)12(4,5)15/h6-8,15H,1-5H3,(H,13,14). The lowest BCUT2D eigenvalue weighted by Gasteiger charge is -2.22. The van der Waals surface area contributed by atoms with Gasteiger partial charge in [-0.25, -0.2) is 4.98 Å². The average Bonchev–Trinajstić information content (AvgIpc) is 2.00. The van der Waals surface area contributed by atoms with Crippen LogP contribution in [0.1, 0.15) is 40.2 Å². The van der Waals surface area contributed by atoms with Gasteiger partial charge in [0.2, 0.25) is 0 Å². The fraction of sp³-hybridized carbons (Fsp3) is 0.583. The van der Waals surface area contributed by atoms with Crippen molar-refractivity contribution in [2.75, 3.05) is 5.32 Å². The van der Waals surface area contributed by atoms with E-state index in [2.05, 4.69) is 31.1 Å². The molecule has 15 heavy (non-hydrogen) atoms. The highest BCUT2D eigenvalue weighted by atomic mass is 16.3. The van der Waals surface area contributed by atoms with E-state index >= 15 is 0 Å². The summed E-state index contributed by atoms with van der Waals surface area (Å²) in [5.41, 5.74) is -0.00165. The highest BCUT2D eigenvalue weighted by Gasteiger charge is 2.16. The molecule has 1 aromatic rings. The molecule has 3 nitrogen and oxygen atoms in total.